The summed E-state index contributed by atoms with van der Waals surface area (Å²) in [5, 5.41) is 0. The second-order valence-corrected chi connectivity index (χ2v) is 7.66. The van der Waals surface area contributed by atoms with Crippen molar-refractivity contribution in [2.45, 2.75) is 0 Å². The van der Waals surface area contributed by atoms with Crippen molar-refractivity contribution in [2.75, 3.05) is 0 Å². The molecule has 0 amide bonds. The zero-order valence-corrected chi connectivity index (χ0v) is 19.2. The number of hydrogen-bond donors (Lipinski definition) is 0. The van der Waals surface area contributed by atoms with Gasteiger partial charge in [-0.25, -0.2) is 0 Å². The minimum absolute atomic E-state index is 0.702. The molecule has 0 saturated carbocycles. The summed E-state index contributed by atoms with van der Waals surface area (Å²) in [6, 6.07) is 27.8. The molecule has 0 spiro atoms. The van der Waals surface area contributed by atoms with E-state index >= 15 is 0 Å². The molecule has 4 aromatic rings. The lowest BCUT2D eigenvalue weighted by atomic mass is 10.0. The van der Waals surface area contributed by atoms with Crippen molar-refractivity contribution < 1.29 is 0 Å². The van der Waals surface area contributed by atoms with E-state index in [-0.39, 0.29) is 0 Å². The Morgan fingerprint density at radius 1 is 0.278 bits per heavy atom. The first-order valence-electron chi connectivity index (χ1n) is 10.9. The highest BCUT2D eigenvalue weighted by atomic mass is 14.0. The van der Waals surface area contributed by atoms with E-state index in [1.807, 2.05) is 54.6 Å². The lowest BCUT2D eigenvalue weighted by molar-refractivity contribution is 1.54. The van der Waals surface area contributed by atoms with E-state index in [1.54, 1.807) is 36.4 Å². The lowest BCUT2D eigenvalue weighted by Gasteiger charge is -2.00. The summed E-state index contributed by atoms with van der Waals surface area (Å²) >= 11 is 0. The summed E-state index contributed by atoms with van der Waals surface area (Å²) < 4.78 is 0. The predicted molar refractivity (Wildman–Crippen MR) is 142 cm³/mol. The molecule has 0 heterocycles. The zero-order chi connectivity index (χ0) is 25.2. The molecule has 0 fully saturated rings. The Morgan fingerprint density at radius 3 is 0.694 bits per heavy atom. The molecule has 0 N–H and O–H groups in total. The summed E-state index contributed by atoms with van der Waals surface area (Å²) in [7, 11) is 0. The summed E-state index contributed by atoms with van der Waals surface area (Å²) in [5.41, 5.74) is 6.98. The van der Waals surface area contributed by atoms with E-state index in [1.165, 1.54) is 0 Å². The van der Waals surface area contributed by atoms with Crippen LogP contribution in [-0.4, -0.2) is 0 Å². The van der Waals surface area contributed by atoms with Gasteiger partial charge < -0.3 is 19.3 Å². The van der Waals surface area contributed by atoms with Crippen LogP contribution in [0.15, 0.2) is 91.0 Å². The molecule has 4 aromatic carbocycles. The highest BCUT2D eigenvalue weighted by molar-refractivity contribution is 5.56. The zero-order valence-electron chi connectivity index (χ0n) is 19.2. The highest BCUT2D eigenvalue weighted by Gasteiger charge is 1.97. The first kappa shape index (κ1) is 23.4. The average molecular weight is 448 g/mol. The molecule has 0 unspecified atom stereocenters. The summed E-state index contributed by atoms with van der Waals surface area (Å²) in [6.07, 6.45) is 21.6. The molecule has 0 heteroatoms. The Morgan fingerprint density at radius 2 is 0.472 bits per heavy atom. The molecule has 0 aliphatic carbocycles. The molecule has 0 aliphatic heterocycles. The SMILES string of the molecule is [C-]#Cc1ccc(C#Cc2cc(C#Cc3ccc(C#[C-])cc3)cc(C#Cc3ccc(C#[C-])cc3)c2)cc1. The Hall–Kier alpha value is -5.76. The molecular formula is C36H15-3. The van der Waals surface area contributed by atoms with Crippen molar-refractivity contribution in [2.24, 2.45) is 0 Å². The van der Waals surface area contributed by atoms with E-state index in [0.29, 0.717) is 16.7 Å². The van der Waals surface area contributed by atoms with E-state index < -0.39 is 0 Å². The van der Waals surface area contributed by atoms with Crippen LogP contribution in [0.1, 0.15) is 50.1 Å². The van der Waals surface area contributed by atoms with Crippen molar-refractivity contribution in [1.82, 2.24) is 0 Å². The monoisotopic (exact) mass is 447 g/mol. The molecule has 0 atom stereocenters. The van der Waals surface area contributed by atoms with Crippen LogP contribution in [0.5, 0.6) is 0 Å². The average Bonchev–Trinajstić information content (AvgIpc) is 2.94. The van der Waals surface area contributed by atoms with Gasteiger partial charge in [0, 0.05) is 33.4 Å². The van der Waals surface area contributed by atoms with E-state index in [2.05, 4.69) is 53.3 Å². The number of rotatable bonds is 0. The van der Waals surface area contributed by atoms with Crippen molar-refractivity contribution in [1.29, 1.82) is 0 Å². The third-order valence-electron chi connectivity index (χ3n) is 5.07. The molecule has 4 rings (SSSR count). The number of hydrogen-bond acceptors (Lipinski definition) is 0. The normalized spacial score (nSPS) is 8.92. The topological polar surface area (TPSA) is 0 Å². The Kier molecular flexibility index (Phi) is 7.41. The largest absolute Gasteiger partial charge is 0.366 e. The van der Waals surface area contributed by atoms with Gasteiger partial charge in [0.2, 0.25) is 0 Å². The van der Waals surface area contributed by atoms with Crippen LogP contribution in [0.4, 0.5) is 0 Å². The fourth-order valence-electron chi connectivity index (χ4n) is 3.19. The van der Waals surface area contributed by atoms with Gasteiger partial charge in [0.05, 0.1) is 0 Å². The van der Waals surface area contributed by atoms with Gasteiger partial charge in [0.1, 0.15) is 0 Å². The predicted octanol–water partition coefficient (Wildman–Crippen LogP) is 5.70. The Bertz CT molecular complexity index is 1500. The van der Waals surface area contributed by atoms with Crippen molar-refractivity contribution in [3.05, 3.63) is 160 Å². The standard InChI is InChI=1S/C36H15/c1-4-28-7-13-31(14-8-28)19-22-34-25-35(23-20-32-15-9-29(5-2)10-16-32)27-36(26-34)24-21-33-17-11-30(6-3)12-18-33/h7-18,25-27H/q-3. The van der Waals surface area contributed by atoms with Crippen LogP contribution in [0.3, 0.4) is 0 Å². The van der Waals surface area contributed by atoms with Gasteiger partial charge in [-0.2, -0.15) is 0 Å². The minimum atomic E-state index is 0.702. The Labute approximate surface area is 213 Å². The molecule has 0 aliphatic rings. The van der Waals surface area contributed by atoms with Crippen LogP contribution < -0.4 is 0 Å². The maximum Gasteiger partial charge on any atom is 0.0273 e. The van der Waals surface area contributed by atoms with Crippen LogP contribution in [0.25, 0.3) is 0 Å². The van der Waals surface area contributed by atoms with Gasteiger partial charge in [0.15, 0.2) is 0 Å². The van der Waals surface area contributed by atoms with Gasteiger partial charge in [-0.1, -0.05) is 71.9 Å². The maximum absolute atomic E-state index is 7.21. The fourth-order valence-corrected chi connectivity index (χ4v) is 3.19. The van der Waals surface area contributed by atoms with Crippen LogP contribution >= 0.6 is 0 Å². The van der Waals surface area contributed by atoms with Gasteiger partial charge in [-0.3, -0.25) is 17.8 Å². The second-order valence-electron chi connectivity index (χ2n) is 7.66. The summed E-state index contributed by atoms with van der Waals surface area (Å²) in [4.78, 5) is 0. The number of benzene rings is 4. The molecular weight excluding hydrogens is 432 g/mol. The first-order chi connectivity index (χ1) is 17.6. The van der Waals surface area contributed by atoms with Gasteiger partial charge in [-0.15, -0.1) is 53.1 Å². The van der Waals surface area contributed by atoms with Crippen LogP contribution in [0.2, 0.25) is 0 Å². The van der Waals surface area contributed by atoms with Gasteiger partial charge in [-0.05, 0) is 18.2 Å². The molecule has 162 valence electrons. The summed E-state index contributed by atoms with van der Waals surface area (Å²) in [5.74, 6) is 26.1. The van der Waals surface area contributed by atoms with E-state index in [9.17, 15) is 0 Å². The minimum Gasteiger partial charge on any atom is -0.366 e. The maximum atomic E-state index is 7.21. The quantitative estimate of drug-likeness (QED) is 0.240. The van der Waals surface area contributed by atoms with Gasteiger partial charge in [0.25, 0.3) is 0 Å². The van der Waals surface area contributed by atoms with Crippen molar-refractivity contribution in [3.8, 4) is 53.3 Å². The molecule has 0 radical (unpaired) electrons. The third kappa shape index (κ3) is 6.40. The molecule has 0 bridgehead atoms. The second kappa shape index (κ2) is 11.4. The lowest BCUT2D eigenvalue weighted by Crippen LogP contribution is -1.86. The smallest absolute Gasteiger partial charge is 0.0273 e. The van der Waals surface area contributed by atoms with Crippen molar-refractivity contribution >= 4 is 0 Å². The van der Waals surface area contributed by atoms with Crippen LogP contribution in [0, 0.1) is 72.6 Å². The molecule has 36 heavy (non-hydrogen) atoms. The van der Waals surface area contributed by atoms with Crippen LogP contribution in [-0.2, 0) is 0 Å². The molecule has 0 nitrogen and oxygen atoms in total. The summed E-state index contributed by atoms with van der Waals surface area (Å²) in [6.45, 7) is 0. The van der Waals surface area contributed by atoms with E-state index in [4.69, 9.17) is 19.3 Å². The van der Waals surface area contributed by atoms with E-state index in [0.717, 1.165) is 33.4 Å². The van der Waals surface area contributed by atoms with Crippen molar-refractivity contribution in [3.63, 3.8) is 0 Å². The highest BCUT2D eigenvalue weighted by Crippen LogP contribution is 2.11. The Balaban J connectivity index is 1.70. The fraction of sp³-hybridized carbons (Fsp3) is 0. The third-order valence-corrected chi connectivity index (χ3v) is 5.07. The first-order valence-corrected chi connectivity index (χ1v) is 10.9. The molecule has 0 aromatic heterocycles. The molecule has 0 saturated heterocycles. The van der Waals surface area contributed by atoms with Gasteiger partial charge >= 0.3 is 0 Å².